The van der Waals surface area contributed by atoms with Crippen molar-refractivity contribution in [1.82, 2.24) is 0 Å². The molecule has 0 amide bonds. The highest BCUT2D eigenvalue weighted by Crippen LogP contribution is 2.51. The summed E-state index contributed by atoms with van der Waals surface area (Å²) in [6.07, 6.45) is 0. The van der Waals surface area contributed by atoms with Crippen LogP contribution in [0.2, 0.25) is 20.1 Å². The van der Waals surface area contributed by atoms with Crippen molar-refractivity contribution in [2.45, 2.75) is 4.75 Å². The number of aromatic hydroxyl groups is 2. The van der Waals surface area contributed by atoms with Gasteiger partial charge < -0.3 is 10.2 Å². The summed E-state index contributed by atoms with van der Waals surface area (Å²) in [5.41, 5.74) is -0.397. The van der Waals surface area contributed by atoms with Crippen molar-refractivity contribution in [2.24, 2.45) is 0 Å². The highest BCUT2D eigenvalue weighted by atomic mass is 35.5. The lowest BCUT2D eigenvalue weighted by molar-refractivity contribution is 0.455. The standard InChI is InChI=1S/C19H12Cl4O5S/c20-13-8-15(22)17(24)6-11(13)19(29(26,27)28,10-4-2-1-3-5-10)12-7-18(25)16(23)9-14(12)21/h1-9,24-25H,(H,26,27,28). The molecule has 152 valence electrons. The zero-order valence-electron chi connectivity index (χ0n) is 14.3. The number of rotatable bonds is 4. The van der Waals surface area contributed by atoms with Crippen LogP contribution in [-0.2, 0) is 14.9 Å². The fraction of sp³-hybridized carbons (Fsp3) is 0.0526. The van der Waals surface area contributed by atoms with Gasteiger partial charge in [0.2, 0.25) is 0 Å². The maximum absolute atomic E-state index is 13.0. The van der Waals surface area contributed by atoms with Crippen LogP contribution < -0.4 is 0 Å². The second-order valence-electron chi connectivity index (χ2n) is 6.09. The van der Waals surface area contributed by atoms with Gasteiger partial charge in [-0.2, -0.15) is 8.42 Å². The van der Waals surface area contributed by atoms with Crippen molar-refractivity contribution in [3.8, 4) is 11.5 Å². The molecule has 0 radical (unpaired) electrons. The van der Waals surface area contributed by atoms with Gasteiger partial charge in [-0.3, -0.25) is 4.55 Å². The van der Waals surface area contributed by atoms with Crippen molar-refractivity contribution >= 4 is 56.5 Å². The summed E-state index contributed by atoms with van der Waals surface area (Å²) in [6, 6.07) is 11.9. The summed E-state index contributed by atoms with van der Waals surface area (Å²) in [5, 5.41) is 19.7. The third kappa shape index (κ3) is 3.65. The monoisotopic (exact) mass is 492 g/mol. The molecule has 0 heterocycles. The third-order valence-electron chi connectivity index (χ3n) is 4.40. The molecule has 0 fully saturated rings. The predicted octanol–water partition coefficient (Wildman–Crippen LogP) is 5.89. The molecule has 3 rings (SSSR count). The fourth-order valence-corrected chi connectivity index (χ4v) is 5.66. The Labute approximate surface area is 186 Å². The van der Waals surface area contributed by atoms with Gasteiger partial charge in [-0.1, -0.05) is 76.7 Å². The average Bonchev–Trinajstić information content (AvgIpc) is 2.63. The van der Waals surface area contributed by atoms with E-state index in [0.29, 0.717) is 0 Å². The molecule has 0 spiro atoms. The van der Waals surface area contributed by atoms with Crippen LogP contribution >= 0.6 is 46.4 Å². The van der Waals surface area contributed by atoms with Crippen LogP contribution in [0, 0.1) is 0 Å². The van der Waals surface area contributed by atoms with Crippen LogP contribution in [0.3, 0.4) is 0 Å². The van der Waals surface area contributed by atoms with Gasteiger partial charge >= 0.3 is 0 Å². The number of benzene rings is 3. The molecule has 0 bridgehead atoms. The lowest BCUT2D eigenvalue weighted by Gasteiger charge is -2.34. The molecule has 0 aliphatic rings. The Morgan fingerprint density at radius 2 is 1.10 bits per heavy atom. The van der Waals surface area contributed by atoms with Gasteiger partial charge in [-0.05, 0) is 29.8 Å². The van der Waals surface area contributed by atoms with Crippen molar-refractivity contribution in [3.63, 3.8) is 0 Å². The van der Waals surface area contributed by atoms with Crippen LogP contribution in [0.5, 0.6) is 11.5 Å². The van der Waals surface area contributed by atoms with Gasteiger partial charge in [0.25, 0.3) is 10.1 Å². The van der Waals surface area contributed by atoms with Crippen molar-refractivity contribution in [1.29, 1.82) is 0 Å². The van der Waals surface area contributed by atoms with E-state index in [1.165, 1.54) is 12.1 Å². The van der Waals surface area contributed by atoms with E-state index in [0.717, 1.165) is 24.3 Å². The Balaban J connectivity index is 2.62. The first kappa shape index (κ1) is 22.0. The molecule has 10 heteroatoms. The maximum Gasteiger partial charge on any atom is 0.283 e. The molecule has 3 aromatic carbocycles. The molecule has 0 aliphatic carbocycles. The van der Waals surface area contributed by atoms with Crippen LogP contribution in [0.1, 0.15) is 16.7 Å². The molecule has 0 saturated carbocycles. The van der Waals surface area contributed by atoms with E-state index < -0.39 is 26.4 Å². The molecule has 5 nitrogen and oxygen atoms in total. The van der Waals surface area contributed by atoms with Crippen molar-refractivity contribution in [3.05, 3.63) is 91.4 Å². The van der Waals surface area contributed by atoms with E-state index >= 15 is 0 Å². The summed E-state index contributed by atoms with van der Waals surface area (Å²) >= 11 is 24.4. The van der Waals surface area contributed by atoms with Crippen LogP contribution in [0.15, 0.2) is 54.6 Å². The minimum Gasteiger partial charge on any atom is -0.506 e. The molecule has 0 aliphatic heterocycles. The Bertz CT molecular complexity index is 1140. The van der Waals surface area contributed by atoms with Gasteiger partial charge in [0.15, 0.2) is 4.75 Å². The van der Waals surface area contributed by atoms with Gasteiger partial charge in [0.05, 0.1) is 10.0 Å². The normalized spacial score (nSPS) is 12.2. The quantitative estimate of drug-likeness (QED) is 0.311. The Morgan fingerprint density at radius 3 is 1.48 bits per heavy atom. The minimum atomic E-state index is -5.07. The highest BCUT2D eigenvalue weighted by molar-refractivity contribution is 7.87. The number of phenolic OH excluding ortho intramolecular Hbond substituents is 2. The minimum absolute atomic E-state index is 0.0507. The first-order valence-corrected chi connectivity index (χ1v) is 10.8. The van der Waals surface area contributed by atoms with Crippen LogP contribution in [0.25, 0.3) is 0 Å². The van der Waals surface area contributed by atoms with Crippen molar-refractivity contribution in [2.75, 3.05) is 0 Å². The smallest absolute Gasteiger partial charge is 0.283 e. The first-order chi connectivity index (χ1) is 13.5. The Morgan fingerprint density at radius 1 is 0.690 bits per heavy atom. The van der Waals surface area contributed by atoms with E-state index in [9.17, 15) is 23.2 Å². The summed E-state index contributed by atoms with van der Waals surface area (Å²) in [5.74, 6) is -0.936. The molecule has 0 saturated heterocycles. The van der Waals surface area contributed by atoms with Gasteiger partial charge in [0.1, 0.15) is 11.5 Å². The third-order valence-corrected chi connectivity index (χ3v) is 7.08. The lowest BCUT2D eigenvalue weighted by atomic mass is 9.83. The number of phenols is 2. The van der Waals surface area contributed by atoms with E-state index in [1.807, 2.05) is 0 Å². The second kappa shape index (κ2) is 7.87. The molecule has 0 unspecified atom stereocenters. The Hall–Kier alpha value is -1.67. The molecule has 3 N–H and O–H groups in total. The fourth-order valence-electron chi connectivity index (χ4n) is 3.17. The van der Waals surface area contributed by atoms with E-state index in [2.05, 4.69) is 0 Å². The highest BCUT2D eigenvalue weighted by Gasteiger charge is 2.51. The average molecular weight is 494 g/mol. The number of hydrogen-bond donors (Lipinski definition) is 3. The molecular formula is C19H12Cl4O5S. The largest absolute Gasteiger partial charge is 0.506 e. The molecule has 0 aromatic heterocycles. The summed E-state index contributed by atoms with van der Waals surface area (Å²) < 4.78 is 34.0. The summed E-state index contributed by atoms with van der Waals surface area (Å²) in [7, 11) is -5.07. The molecule has 29 heavy (non-hydrogen) atoms. The van der Waals surface area contributed by atoms with Gasteiger partial charge in [0, 0.05) is 21.2 Å². The van der Waals surface area contributed by atoms with E-state index in [1.54, 1.807) is 18.2 Å². The summed E-state index contributed by atoms with van der Waals surface area (Å²) in [4.78, 5) is 0. The predicted molar refractivity (Wildman–Crippen MR) is 114 cm³/mol. The van der Waals surface area contributed by atoms with E-state index in [-0.39, 0.29) is 36.8 Å². The van der Waals surface area contributed by atoms with E-state index in [4.69, 9.17) is 46.4 Å². The lowest BCUT2D eigenvalue weighted by Crippen LogP contribution is -2.38. The maximum atomic E-state index is 13.0. The summed E-state index contributed by atoms with van der Waals surface area (Å²) in [6.45, 7) is 0. The topological polar surface area (TPSA) is 94.8 Å². The molecular weight excluding hydrogens is 482 g/mol. The van der Waals surface area contributed by atoms with Gasteiger partial charge in [-0.15, -0.1) is 0 Å². The molecule has 0 atom stereocenters. The zero-order valence-corrected chi connectivity index (χ0v) is 18.1. The zero-order chi connectivity index (χ0) is 21.6. The second-order valence-corrected chi connectivity index (χ2v) is 9.28. The van der Waals surface area contributed by atoms with Crippen molar-refractivity contribution < 1.29 is 23.2 Å². The van der Waals surface area contributed by atoms with Crippen LogP contribution in [-0.4, -0.2) is 23.2 Å². The molecule has 3 aromatic rings. The Kier molecular flexibility index (Phi) is 5.98. The number of hydrogen-bond acceptors (Lipinski definition) is 4. The first-order valence-electron chi connectivity index (χ1n) is 7.89. The van der Waals surface area contributed by atoms with Crippen LogP contribution in [0.4, 0.5) is 0 Å². The SMILES string of the molecule is O=S(=O)(O)C(c1ccccc1)(c1cc(O)c(Cl)cc1Cl)c1cc(O)c(Cl)cc1Cl. The van der Waals surface area contributed by atoms with Gasteiger partial charge in [-0.25, -0.2) is 0 Å². The number of halogens is 4.